The van der Waals surface area contributed by atoms with Gasteiger partial charge in [-0.3, -0.25) is 0 Å². The lowest BCUT2D eigenvalue weighted by atomic mass is 10.3. The number of rotatable bonds is 0. The summed E-state index contributed by atoms with van der Waals surface area (Å²) >= 11 is 0. The van der Waals surface area contributed by atoms with Gasteiger partial charge < -0.3 is 5.11 Å². The Hall–Kier alpha value is -1.41. The molecule has 2 heteroatoms. The van der Waals surface area contributed by atoms with Crippen LogP contribution in [-0.4, -0.2) is 7.11 Å². The Morgan fingerprint density at radius 3 is 1.83 bits per heavy atom. The van der Waals surface area contributed by atoms with E-state index in [1.165, 1.54) is 5.52 Å². The van der Waals surface area contributed by atoms with Crippen molar-refractivity contribution in [3.63, 3.8) is 0 Å². The van der Waals surface area contributed by atoms with Crippen molar-refractivity contribution in [3.8, 4) is 0 Å². The van der Waals surface area contributed by atoms with Gasteiger partial charge in [0.15, 0.2) is 12.4 Å². The van der Waals surface area contributed by atoms with E-state index in [4.69, 9.17) is 5.11 Å². The number of aromatic nitrogens is 1. The quantitative estimate of drug-likeness (QED) is 0.514. The van der Waals surface area contributed by atoms with Gasteiger partial charge in [-0.15, -0.1) is 0 Å². The summed E-state index contributed by atoms with van der Waals surface area (Å²) in [4.78, 5) is 0. The van der Waals surface area contributed by atoms with Crippen molar-refractivity contribution in [1.82, 2.24) is 0 Å². The maximum atomic E-state index is 8.25. The zero-order chi connectivity index (χ0) is 8.81. The second-order valence-corrected chi connectivity index (χ2v) is 2.23. The van der Waals surface area contributed by atoms with Gasteiger partial charge in [-0.1, -0.05) is 0 Å². The van der Waals surface area contributed by atoms with E-state index in [1.807, 2.05) is 36.7 Å². The van der Waals surface area contributed by atoms with E-state index in [0.29, 0.717) is 0 Å². The highest BCUT2D eigenvalue weighted by Gasteiger charge is 1.93. The van der Waals surface area contributed by atoms with Crippen molar-refractivity contribution in [3.05, 3.63) is 48.8 Å². The number of hydrogen-bond donors (Lipinski definition) is 0. The fourth-order valence-electron chi connectivity index (χ4n) is 1.04. The van der Waals surface area contributed by atoms with Crippen LogP contribution in [0.5, 0.6) is 0 Å². The molecule has 0 amide bonds. The Balaban J connectivity index is 0.000000336. The Bertz CT molecular complexity index is 281. The lowest BCUT2D eigenvalue weighted by Crippen LogP contribution is -2.18. The van der Waals surface area contributed by atoms with E-state index in [-0.39, 0.29) is 0 Å². The molecule has 2 heterocycles. The predicted molar refractivity (Wildman–Crippen MR) is 45.5 cm³/mol. The van der Waals surface area contributed by atoms with E-state index < -0.39 is 0 Å². The minimum Gasteiger partial charge on any atom is -0.857 e. The van der Waals surface area contributed by atoms with Gasteiger partial charge in [0.1, 0.15) is 0 Å². The molecule has 0 N–H and O–H groups in total. The second kappa shape index (κ2) is 4.46. The summed E-state index contributed by atoms with van der Waals surface area (Å²) < 4.78 is 2.08. The fraction of sp³-hybridized carbons (Fsp3) is 0.100. The van der Waals surface area contributed by atoms with Crippen molar-refractivity contribution in [1.29, 1.82) is 0 Å². The molecule has 0 atom stereocenters. The number of fused-ring (bicyclic) bond motifs is 1. The molecule has 0 aliphatic carbocycles. The SMILES string of the molecule is C[O-].c1cc[n+]2ccccc2c1. The maximum Gasteiger partial charge on any atom is 0.210 e. The van der Waals surface area contributed by atoms with Gasteiger partial charge >= 0.3 is 0 Å². The summed E-state index contributed by atoms with van der Waals surface area (Å²) in [5.74, 6) is 0. The van der Waals surface area contributed by atoms with Crippen molar-refractivity contribution in [2.75, 3.05) is 7.11 Å². The number of hydrogen-bond acceptors (Lipinski definition) is 1. The van der Waals surface area contributed by atoms with Crippen molar-refractivity contribution >= 4 is 5.52 Å². The maximum absolute atomic E-state index is 8.25. The van der Waals surface area contributed by atoms with E-state index in [0.717, 1.165) is 7.11 Å². The van der Waals surface area contributed by atoms with Crippen LogP contribution < -0.4 is 9.51 Å². The van der Waals surface area contributed by atoms with Crippen molar-refractivity contribution in [2.24, 2.45) is 0 Å². The molecule has 0 saturated heterocycles. The van der Waals surface area contributed by atoms with Crippen LogP contribution in [-0.2, 0) is 0 Å². The number of pyridine rings is 2. The molecule has 0 aliphatic rings. The Morgan fingerprint density at radius 1 is 0.917 bits per heavy atom. The molecule has 2 aromatic heterocycles. The minimum absolute atomic E-state index is 0.750. The van der Waals surface area contributed by atoms with Crippen LogP contribution in [0.15, 0.2) is 48.8 Å². The Labute approximate surface area is 71.7 Å². The van der Waals surface area contributed by atoms with Crippen LogP contribution >= 0.6 is 0 Å². The smallest absolute Gasteiger partial charge is 0.210 e. The van der Waals surface area contributed by atoms with Crippen LogP contribution in [0.1, 0.15) is 0 Å². The van der Waals surface area contributed by atoms with E-state index in [9.17, 15) is 0 Å². The standard InChI is InChI=1S/C9H8N.CH3O/c1-3-7-10-8-4-2-6-9(10)5-1;1-2/h1-8H;1H3/q+1;-1. The third kappa shape index (κ3) is 1.80. The van der Waals surface area contributed by atoms with Gasteiger partial charge in [0.25, 0.3) is 0 Å². The monoisotopic (exact) mass is 161 g/mol. The molecule has 0 spiro atoms. The molecule has 62 valence electrons. The largest absolute Gasteiger partial charge is 0.857 e. The summed E-state index contributed by atoms with van der Waals surface area (Å²) in [6.07, 6.45) is 4.07. The molecule has 2 aromatic rings. The first-order chi connectivity index (χ1) is 5.97. The zero-order valence-electron chi connectivity index (χ0n) is 6.97. The Kier molecular flexibility index (Phi) is 3.23. The van der Waals surface area contributed by atoms with E-state index in [2.05, 4.69) is 16.5 Å². The average molecular weight is 161 g/mol. The molecular weight excluding hydrogens is 150 g/mol. The lowest BCUT2D eigenvalue weighted by Gasteiger charge is -1.85. The summed E-state index contributed by atoms with van der Waals surface area (Å²) in [6.45, 7) is 0. The molecule has 0 bridgehead atoms. The molecule has 0 saturated carbocycles. The van der Waals surface area contributed by atoms with Crippen LogP contribution in [0.4, 0.5) is 0 Å². The van der Waals surface area contributed by atoms with Crippen molar-refractivity contribution < 1.29 is 9.51 Å². The summed E-state index contributed by atoms with van der Waals surface area (Å²) in [5, 5.41) is 8.25. The summed E-state index contributed by atoms with van der Waals surface area (Å²) in [7, 11) is 0.750. The van der Waals surface area contributed by atoms with Crippen LogP contribution in [0.25, 0.3) is 5.52 Å². The van der Waals surface area contributed by atoms with Crippen molar-refractivity contribution in [2.45, 2.75) is 0 Å². The van der Waals surface area contributed by atoms with Gasteiger partial charge in [0.2, 0.25) is 5.52 Å². The van der Waals surface area contributed by atoms with Crippen LogP contribution in [0.2, 0.25) is 0 Å². The zero-order valence-corrected chi connectivity index (χ0v) is 6.97. The third-order valence-corrected chi connectivity index (χ3v) is 1.55. The van der Waals surface area contributed by atoms with Crippen LogP contribution in [0, 0.1) is 0 Å². The minimum atomic E-state index is 0.750. The molecular formula is C10H11NO. The molecule has 2 rings (SSSR count). The molecule has 0 unspecified atom stereocenters. The molecule has 0 radical (unpaired) electrons. The highest BCUT2D eigenvalue weighted by Crippen LogP contribution is 1.92. The van der Waals surface area contributed by atoms with E-state index in [1.54, 1.807) is 0 Å². The predicted octanol–water partition coefficient (Wildman–Crippen LogP) is 0.402. The summed E-state index contributed by atoms with van der Waals surface area (Å²) in [5.41, 5.74) is 1.23. The van der Waals surface area contributed by atoms with E-state index >= 15 is 0 Å². The summed E-state index contributed by atoms with van der Waals surface area (Å²) in [6, 6.07) is 12.3. The van der Waals surface area contributed by atoms with Gasteiger partial charge in [0, 0.05) is 24.3 Å². The first kappa shape index (κ1) is 8.68. The Morgan fingerprint density at radius 2 is 1.42 bits per heavy atom. The first-order valence-corrected chi connectivity index (χ1v) is 3.73. The number of nitrogens with zero attached hydrogens (tertiary/aromatic N) is 1. The molecule has 2 nitrogen and oxygen atoms in total. The third-order valence-electron chi connectivity index (χ3n) is 1.55. The van der Waals surface area contributed by atoms with Crippen LogP contribution in [0.3, 0.4) is 0 Å². The molecule has 0 fully saturated rings. The highest BCUT2D eigenvalue weighted by atomic mass is 16.2. The molecule has 0 aliphatic heterocycles. The topological polar surface area (TPSA) is 27.2 Å². The second-order valence-electron chi connectivity index (χ2n) is 2.23. The first-order valence-electron chi connectivity index (χ1n) is 3.73. The van der Waals surface area contributed by atoms with Gasteiger partial charge in [-0.2, -0.15) is 11.5 Å². The lowest BCUT2D eigenvalue weighted by molar-refractivity contribution is -0.511. The highest BCUT2D eigenvalue weighted by molar-refractivity contribution is 5.36. The van der Waals surface area contributed by atoms with Gasteiger partial charge in [-0.25, -0.2) is 0 Å². The average Bonchev–Trinajstić information content (AvgIpc) is 2.21. The molecule has 12 heavy (non-hydrogen) atoms. The van der Waals surface area contributed by atoms with Gasteiger partial charge in [0.05, 0.1) is 0 Å². The van der Waals surface area contributed by atoms with Gasteiger partial charge in [-0.05, 0) is 12.1 Å². The normalized spacial score (nSPS) is 8.83. The molecule has 0 aromatic carbocycles. The fourth-order valence-corrected chi connectivity index (χ4v) is 1.04.